The molecule has 0 aliphatic rings. The third kappa shape index (κ3) is 3.26. The van der Waals surface area contributed by atoms with Gasteiger partial charge in [-0.3, -0.25) is 4.98 Å². The maximum absolute atomic E-state index is 13.1. The predicted octanol–water partition coefficient (Wildman–Crippen LogP) is 3.12. The van der Waals surface area contributed by atoms with Gasteiger partial charge in [0.25, 0.3) is 6.43 Å². The summed E-state index contributed by atoms with van der Waals surface area (Å²) >= 11 is 0. The van der Waals surface area contributed by atoms with Gasteiger partial charge >= 0.3 is 6.36 Å². The molecule has 9 heteroatoms. The van der Waals surface area contributed by atoms with Crippen LogP contribution in [0, 0.1) is 17.1 Å². The van der Waals surface area contributed by atoms with Crippen molar-refractivity contribution in [1.29, 1.82) is 5.26 Å². The maximum Gasteiger partial charge on any atom is 0.573 e. The quantitative estimate of drug-likeness (QED) is 0.793. The minimum absolute atomic E-state index is 0.291. The summed E-state index contributed by atoms with van der Waals surface area (Å²) in [6.45, 7) is 0. The zero-order valence-corrected chi connectivity index (χ0v) is 8.43. The van der Waals surface area contributed by atoms with E-state index in [0.29, 0.717) is 6.20 Å². The third-order valence-corrected chi connectivity index (χ3v) is 1.79. The first-order valence-electron chi connectivity index (χ1n) is 4.34. The molecule has 0 fully saturated rings. The largest absolute Gasteiger partial charge is 0.573 e. The maximum atomic E-state index is 13.1. The van der Waals surface area contributed by atoms with Gasteiger partial charge < -0.3 is 4.74 Å². The van der Waals surface area contributed by atoms with Gasteiger partial charge in [-0.1, -0.05) is 0 Å². The first kappa shape index (κ1) is 14.1. The van der Waals surface area contributed by atoms with E-state index in [0.717, 1.165) is 0 Å². The van der Waals surface area contributed by atoms with E-state index >= 15 is 0 Å². The van der Waals surface area contributed by atoms with Crippen LogP contribution in [0.5, 0.6) is 5.75 Å². The number of nitrogens with zero attached hydrogens (tertiary/aromatic N) is 2. The van der Waals surface area contributed by atoms with Crippen molar-refractivity contribution in [3.63, 3.8) is 0 Å². The molecule has 0 N–H and O–H groups in total. The average Bonchev–Trinajstić information content (AvgIpc) is 2.21. The molecule has 1 heterocycles. The van der Waals surface area contributed by atoms with Crippen LogP contribution in [0.1, 0.15) is 17.7 Å². The van der Waals surface area contributed by atoms with Crippen LogP contribution in [0.15, 0.2) is 6.20 Å². The topological polar surface area (TPSA) is 45.9 Å². The second-order valence-electron chi connectivity index (χ2n) is 2.98. The number of halogens is 6. The van der Waals surface area contributed by atoms with Gasteiger partial charge in [0, 0.05) is 0 Å². The van der Waals surface area contributed by atoms with E-state index in [2.05, 4.69) is 9.72 Å². The molecule has 0 radical (unpaired) electrons. The van der Waals surface area contributed by atoms with Gasteiger partial charge in [0.05, 0.1) is 29.9 Å². The third-order valence-electron chi connectivity index (χ3n) is 1.79. The normalized spacial score (nSPS) is 11.4. The molecule has 0 saturated heterocycles. The summed E-state index contributed by atoms with van der Waals surface area (Å²) in [6.07, 6.45) is -9.17. The second-order valence-corrected chi connectivity index (χ2v) is 2.98. The Labute approximate surface area is 96.6 Å². The Morgan fingerprint density at radius 1 is 1.39 bits per heavy atom. The zero-order valence-electron chi connectivity index (χ0n) is 8.43. The molecule has 1 aromatic rings. The molecule has 0 saturated carbocycles. The lowest BCUT2D eigenvalue weighted by molar-refractivity contribution is -0.276. The molecule has 0 aliphatic heterocycles. The van der Waals surface area contributed by atoms with Crippen LogP contribution in [0.25, 0.3) is 0 Å². The molecule has 18 heavy (non-hydrogen) atoms. The van der Waals surface area contributed by atoms with Crippen LogP contribution in [-0.4, -0.2) is 11.3 Å². The van der Waals surface area contributed by atoms with E-state index in [4.69, 9.17) is 5.26 Å². The van der Waals surface area contributed by atoms with E-state index in [9.17, 15) is 26.3 Å². The lowest BCUT2D eigenvalue weighted by Gasteiger charge is -2.15. The van der Waals surface area contributed by atoms with Crippen LogP contribution in [0.4, 0.5) is 26.3 Å². The lowest BCUT2D eigenvalue weighted by atomic mass is 10.1. The molecule has 0 amide bonds. The van der Waals surface area contributed by atoms with Crippen molar-refractivity contribution < 1.29 is 31.1 Å². The Morgan fingerprint density at radius 3 is 2.44 bits per heavy atom. The number of aromatic nitrogens is 1. The SMILES string of the molecule is N#CCc1ncc(F)c(OC(F)(F)F)c1C(F)F. The molecule has 0 unspecified atom stereocenters. The first-order valence-corrected chi connectivity index (χ1v) is 4.34. The fourth-order valence-corrected chi connectivity index (χ4v) is 1.18. The first-order chi connectivity index (χ1) is 8.26. The van der Waals surface area contributed by atoms with Gasteiger partial charge in [-0.2, -0.15) is 5.26 Å². The molecule has 0 atom stereocenters. The standard InChI is InChI=1S/C9H4F6N2O/c10-4-3-17-5(1-2-16)6(8(11)12)7(4)18-9(13,14)15/h3,8H,1H2. The zero-order chi connectivity index (χ0) is 13.9. The van der Waals surface area contributed by atoms with Crippen molar-refractivity contribution in [1.82, 2.24) is 4.98 Å². The summed E-state index contributed by atoms with van der Waals surface area (Å²) in [5.41, 5.74) is -2.03. The molecule has 0 spiro atoms. The second kappa shape index (κ2) is 5.12. The highest BCUT2D eigenvalue weighted by Gasteiger charge is 2.36. The monoisotopic (exact) mass is 270 g/mol. The predicted molar refractivity (Wildman–Crippen MR) is 45.2 cm³/mol. The number of hydrogen-bond acceptors (Lipinski definition) is 3. The van der Waals surface area contributed by atoms with E-state index in [1.54, 1.807) is 0 Å². The van der Waals surface area contributed by atoms with Gasteiger partial charge in [-0.05, 0) is 0 Å². The van der Waals surface area contributed by atoms with Crippen molar-refractivity contribution in [3.05, 3.63) is 23.3 Å². The number of hydrogen-bond donors (Lipinski definition) is 0. The average molecular weight is 270 g/mol. The Hall–Kier alpha value is -1.98. The summed E-state index contributed by atoms with van der Waals surface area (Å²) in [7, 11) is 0. The van der Waals surface area contributed by atoms with Crippen molar-refractivity contribution in [3.8, 4) is 11.8 Å². The highest BCUT2D eigenvalue weighted by molar-refractivity contribution is 5.39. The van der Waals surface area contributed by atoms with Crippen LogP contribution in [0.3, 0.4) is 0 Å². The molecule has 0 bridgehead atoms. The molecular formula is C9H4F6N2O. The van der Waals surface area contributed by atoms with E-state index < -0.39 is 42.0 Å². The van der Waals surface area contributed by atoms with Crippen LogP contribution in [0.2, 0.25) is 0 Å². The van der Waals surface area contributed by atoms with Gasteiger partial charge in [-0.25, -0.2) is 13.2 Å². The Morgan fingerprint density at radius 2 is 2.00 bits per heavy atom. The minimum atomic E-state index is -5.32. The smallest absolute Gasteiger partial charge is 0.402 e. The molecular weight excluding hydrogens is 266 g/mol. The minimum Gasteiger partial charge on any atom is -0.402 e. The molecule has 3 nitrogen and oxygen atoms in total. The Kier molecular flexibility index (Phi) is 4.00. The lowest BCUT2D eigenvalue weighted by Crippen LogP contribution is -2.20. The molecule has 1 aromatic heterocycles. The van der Waals surface area contributed by atoms with Gasteiger partial charge in [-0.15, -0.1) is 13.2 Å². The Balaban J connectivity index is 3.37. The number of alkyl halides is 5. The van der Waals surface area contributed by atoms with E-state index in [-0.39, 0.29) is 0 Å². The van der Waals surface area contributed by atoms with Crippen LogP contribution in [-0.2, 0) is 6.42 Å². The fourth-order valence-electron chi connectivity index (χ4n) is 1.18. The number of ether oxygens (including phenoxy) is 1. The summed E-state index contributed by atoms with van der Waals surface area (Å²) in [4.78, 5) is 3.16. The van der Waals surface area contributed by atoms with Crippen molar-refractivity contribution in [2.45, 2.75) is 19.2 Å². The number of pyridine rings is 1. The van der Waals surface area contributed by atoms with E-state index in [1.165, 1.54) is 6.07 Å². The van der Waals surface area contributed by atoms with Gasteiger partial charge in [0.1, 0.15) is 0 Å². The van der Waals surface area contributed by atoms with Crippen molar-refractivity contribution in [2.24, 2.45) is 0 Å². The number of nitriles is 1. The van der Waals surface area contributed by atoms with Crippen LogP contribution >= 0.6 is 0 Å². The fraction of sp³-hybridized carbons (Fsp3) is 0.333. The summed E-state index contributed by atoms with van der Waals surface area (Å²) in [5.74, 6) is -3.33. The van der Waals surface area contributed by atoms with Gasteiger partial charge in [0.15, 0.2) is 11.6 Å². The van der Waals surface area contributed by atoms with Gasteiger partial charge in [0.2, 0.25) is 0 Å². The highest BCUT2D eigenvalue weighted by Crippen LogP contribution is 2.36. The van der Waals surface area contributed by atoms with Crippen molar-refractivity contribution in [2.75, 3.05) is 0 Å². The highest BCUT2D eigenvalue weighted by atomic mass is 19.4. The molecule has 98 valence electrons. The van der Waals surface area contributed by atoms with Crippen molar-refractivity contribution >= 4 is 0 Å². The molecule has 1 rings (SSSR count). The summed E-state index contributed by atoms with van der Waals surface area (Å²) < 4.78 is 77.4. The van der Waals surface area contributed by atoms with E-state index in [1.807, 2.05) is 0 Å². The molecule has 0 aliphatic carbocycles. The molecule has 0 aromatic carbocycles. The summed E-state index contributed by atoms with van der Waals surface area (Å²) in [6, 6.07) is 1.43. The van der Waals surface area contributed by atoms with Crippen LogP contribution < -0.4 is 4.74 Å². The number of rotatable bonds is 3. The summed E-state index contributed by atoms with van der Waals surface area (Å²) in [5, 5.41) is 8.33. The Bertz CT molecular complexity index is 479.